The van der Waals surface area contributed by atoms with E-state index in [0.717, 1.165) is 108 Å². The number of carbonyl (C=O) groups excluding carboxylic acids is 4. The molecule has 0 amide bonds. The van der Waals surface area contributed by atoms with Gasteiger partial charge in [-0.05, 0) is 37.5 Å². The lowest BCUT2D eigenvalue weighted by atomic mass is 10.0. The molecule has 2 unspecified atom stereocenters. The van der Waals surface area contributed by atoms with Gasteiger partial charge in [0.15, 0.2) is 12.2 Å². The lowest BCUT2D eigenvalue weighted by Crippen LogP contribution is -2.30. The zero-order chi connectivity index (χ0) is 77.8. The molecular formula is C87H170O17P2. The lowest BCUT2D eigenvalue weighted by molar-refractivity contribution is -0.161. The monoisotopic (exact) mass is 1550 g/mol. The minimum atomic E-state index is -4.97. The van der Waals surface area contributed by atoms with E-state index in [1.165, 1.54) is 276 Å². The molecule has 0 heterocycles. The molecule has 17 nitrogen and oxygen atoms in total. The van der Waals surface area contributed by atoms with Crippen LogP contribution >= 0.6 is 15.6 Å². The molecule has 0 saturated carbocycles. The van der Waals surface area contributed by atoms with Crippen LogP contribution in [0.5, 0.6) is 0 Å². The van der Waals surface area contributed by atoms with Crippen LogP contribution in [0, 0.1) is 11.8 Å². The third-order valence-corrected chi connectivity index (χ3v) is 22.4. The summed E-state index contributed by atoms with van der Waals surface area (Å²) in [5.41, 5.74) is 0. The molecular weight excluding hydrogens is 1380 g/mol. The SMILES string of the molecule is CCCCCCCCCCCCCCCCCCCCCCCC(=O)OC[C@H](COP(=O)(O)OC[C@@H](O)COP(=O)(O)OC[C@@H](COC(=O)CCCCCCCCCC)OC(=O)CCCCCCCCCCCCCCCC(C)C)OC(=O)CCCCCCCCCCCCCCCCCCCCC(C)C. The topological polar surface area (TPSA) is 237 Å². The molecule has 0 bridgehead atoms. The van der Waals surface area contributed by atoms with Gasteiger partial charge in [-0.2, -0.15) is 0 Å². The normalized spacial score (nSPS) is 13.8. The molecule has 0 aliphatic rings. The Morgan fingerprint density at radius 1 is 0.255 bits per heavy atom. The van der Waals surface area contributed by atoms with Gasteiger partial charge < -0.3 is 33.8 Å². The van der Waals surface area contributed by atoms with E-state index >= 15 is 0 Å². The molecule has 19 heteroatoms. The van der Waals surface area contributed by atoms with Crippen molar-refractivity contribution in [3.63, 3.8) is 0 Å². The van der Waals surface area contributed by atoms with Crippen LogP contribution in [0.25, 0.3) is 0 Å². The smallest absolute Gasteiger partial charge is 0.462 e. The molecule has 0 aromatic heterocycles. The highest BCUT2D eigenvalue weighted by Gasteiger charge is 2.30. The number of hydrogen-bond acceptors (Lipinski definition) is 15. The third-order valence-electron chi connectivity index (χ3n) is 20.5. The first-order valence-electron chi connectivity index (χ1n) is 45.0. The summed E-state index contributed by atoms with van der Waals surface area (Å²) in [6, 6.07) is 0. The van der Waals surface area contributed by atoms with E-state index in [2.05, 4.69) is 41.5 Å². The molecule has 5 atom stereocenters. The second-order valence-electron chi connectivity index (χ2n) is 32.2. The van der Waals surface area contributed by atoms with Crippen LogP contribution in [0.3, 0.4) is 0 Å². The van der Waals surface area contributed by atoms with Gasteiger partial charge in [0.2, 0.25) is 0 Å². The number of unbranched alkanes of at least 4 members (excludes halogenated alkanes) is 56. The first kappa shape index (κ1) is 104. The second-order valence-corrected chi connectivity index (χ2v) is 35.1. The first-order valence-corrected chi connectivity index (χ1v) is 48.0. The van der Waals surface area contributed by atoms with Crippen molar-refractivity contribution in [2.45, 2.75) is 484 Å². The summed E-state index contributed by atoms with van der Waals surface area (Å²) in [7, 11) is -9.92. The number of esters is 4. The molecule has 0 aliphatic carbocycles. The van der Waals surface area contributed by atoms with Crippen LogP contribution in [0.4, 0.5) is 0 Å². The summed E-state index contributed by atoms with van der Waals surface area (Å²) in [5, 5.41) is 10.7. The average molecular weight is 1550 g/mol. The van der Waals surface area contributed by atoms with Gasteiger partial charge in [-0.15, -0.1) is 0 Å². The van der Waals surface area contributed by atoms with Gasteiger partial charge in [0.25, 0.3) is 0 Å². The number of phosphoric acid groups is 2. The fourth-order valence-corrected chi connectivity index (χ4v) is 15.2. The fraction of sp³-hybridized carbons (Fsp3) is 0.954. The van der Waals surface area contributed by atoms with Crippen LogP contribution in [0.15, 0.2) is 0 Å². The van der Waals surface area contributed by atoms with Crippen LogP contribution in [0.2, 0.25) is 0 Å². The number of aliphatic hydroxyl groups is 1. The standard InChI is InChI=1S/C87H170O17P2/c1-7-9-11-13-15-17-18-19-20-21-22-23-24-28-31-36-41-46-52-58-64-70-85(90)98-76-83(104-87(92)71-65-59-53-47-42-37-32-29-26-25-27-30-34-39-44-49-55-61-67-79(3)4)78-102-106(95,96)100-74-81(88)73-99-105(93,94)101-77-82(75-97-84(89)69-63-57-51-16-14-12-10-8-2)103-86(91)72-66-60-54-48-43-38-33-35-40-45-50-56-62-68-80(5)6/h79-83,88H,7-78H2,1-6H3,(H,93,94)(H,95,96)/t81-,82+,83+/m0/s1. The van der Waals surface area contributed by atoms with Crippen molar-refractivity contribution in [1.29, 1.82) is 0 Å². The molecule has 0 aromatic carbocycles. The number of rotatable bonds is 86. The van der Waals surface area contributed by atoms with E-state index < -0.39 is 97.5 Å². The summed E-state index contributed by atoms with van der Waals surface area (Å²) in [6.45, 7) is 9.70. The Morgan fingerprint density at radius 3 is 0.642 bits per heavy atom. The maximum Gasteiger partial charge on any atom is 0.472 e. The largest absolute Gasteiger partial charge is 0.472 e. The van der Waals surface area contributed by atoms with E-state index in [0.29, 0.717) is 25.7 Å². The predicted octanol–water partition coefficient (Wildman–Crippen LogP) is 26.6. The van der Waals surface area contributed by atoms with E-state index in [1.807, 2.05) is 0 Å². The zero-order valence-corrected chi connectivity index (χ0v) is 71.5. The van der Waals surface area contributed by atoms with Gasteiger partial charge in [-0.3, -0.25) is 37.3 Å². The predicted molar refractivity (Wildman–Crippen MR) is 437 cm³/mol. The van der Waals surface area contributed by atoms with Crippen molar-refractivity contribution in [1.82, 2.24) is 0 Å². The summed E-state index contributed by atoms with van der Waals surface area (Å²) in [6.07, 6.45) is 71.0. The number of aliphatic hydroxyl groups excluding tert-OH is 1. The molecule has 106 heavy (non-hydrogen) atoms. The summed E-state index contributed by atoms with van der Waals surface area (Å²) in [4.78, 5) is 73.1. The highest BCUT2D eigenvalue weighted by molar-refractivity contribution is 7.47. The highest BCUT2D eigenvalue weighted by Crippen LogP contribution is 2.45. The van der Waals surface area contributed by atoms with Crippen molar-refractivity contribution in [3.8, 4) is 0 Å². The molecule has 3 N–H and O–H groups in total. The Hall–Kier alpha value is -1.94. The molecule has 0 aromatic rings. The van der Waals surface area contributed by atoms with Crippen LogP contribution in [0.1, 0.15) is 465 Å². The van der Waals surface area contributed by atoms with Crippen molar-refractivity contribution >= 4 is 39.5 Å². The van der Waals surface area contributed by atoms with Gasteiger partial charge in [0.05, 0.1) is 26.4 Å². The molecule has 0 rings (SSSR count). The highest BCUT2D eigenvalue weighted by atomic mass is 31.2. The summed E-state index contributed by atoms with van der Waals surface area (Å²) in [5.74, 6) is -0.497. The molecule has 0 saturated heterocycles. The minimum absolute atomic E-state index is 0.107. The van der Waals surface area contributed by atoms with Gasteiger partial charge in [0, 0.05) is 25.7 Å². The van der Waals surface area contributed by atoms with Crippen LogP contribution in [-0.2, 0) is 65.4 Å². The van der Waals surface area contributed by atoms with E-state index in [1.54, 1.807) is 0 Å². The van der Waals surface area contributed by atoms with Gasteiger partial charge in [-0.25, -0.2) is 9.13 Å². The van der Waals surface area contributed by atoms with E-state index in [9.17, 15) is 43.2 Å². The van der Waals surface area contributed by atoms with Crippen molar-refractivity contribution in [2.75, 3.05) is 39.6 Å². The molecule has 0 fully saturated rings. The zero-order valence-electron chi connectivity index (χ0n) is 69.7. The molecule has 0 aliphatic heterocycles. The maximum absolute atomic E-state index is 13.1. The van der Waals surface area contributed by atoms with Crippen molar-refractivity contribution < 1.29 is 80.2 Å². The molecule has 630 valence electrons. The van der Waals surface area contributed by atoms with E-state index in [-0.39, 0.29) is 25.7 Å². The number of carbonyl (C=O) groups is 4. The Morgan fingerprint density at radius 2 is 0.434 bits per heavy atom. The summed E-state index contributed by atoms with van der Waals surface area (Å²) >= 11 is 0. The van der Waals surface area contributed by atoms with Crippen molar-refractivity contribution in [3.05, 3.63) is 0 Å². The lowest BCUT2D eigenvalue weighted by Gasteiger charge is -2.21. The van der Waals surface area contributed by atoms with Crippen molar-refractivity contribution in [2.24, 2.45) is 11.8 Å². The Kier molecular flexibility index (Phi) is 76.9. The van der Waals surface area contributed by atoms with Crippen LogP contribution in [-0.4, -0.2) is 96.7 Å². The molecule has 0 spiro atoms. The van der Waals surface area contributed by atoms with Gasteiger partial charge >= 0.3 is 39.5 Å². The quantitative estimate of drug-likeness (QED) is 0.0222. The van der Waals surface area contributed by atoms with Gasteiger partial charge in [0.1, 0.15) is 19.3 Å². The number of phosphoric ester groups is 2. The second kappa shape index (κ2) is 78.3. The number of ether oxygens (including phenoxy) is 4. The van der Waals surface area contributed by atoms with Crippen LogP contribution < -0.4 is 0 Å². The molecule has 0 radical (unpaired) electrons. The maximum atomic E-state index is 13.1. The minimum Gasteiger partial charge on any atom is -0.462 e. The Bertz CT molecular complexity index is 2030. The fourth-order valence-electron chi connectivity index (χ4n) is 13.6. The Balaban J connectivity index is 5.18. The summed E-state index contributed by atoms with van der Waals surface area (Å²) < 4.78 is 68.8. The van der Waals surface area contributed by atoms with Gasteiger partial charge in [-0.1, -0.05) is 414 Å². The third kappa shape index (κ3) is 80.1. The number of hydrogen-bond donors (Lipinski definition) is 3. The average Bonchev–Trinajstić information content (AvgIpc) is 0.902. The Labute approximate surface area is 651 Å². The first-order chi connectivity index (χ1) is 51.4. The van der Waals surface area contributed by atoms with E-state index in [4.69, 9.17) is 37.0 Å².